The number of rotatable bonds is 4. The lowest BCUT2D eigenvalue weighted by molar-refractivity contribution is -0.0160. The van der Waals surface area contributed by atoms with Gasteiger partial charge in [0.1, 0.15) is 0 Å². The summed E-state index contributed by atoms with van der Waals surface area (Å²) < 4.78 is 5.58. The lowest BCUT2D eigenvalue weighted by Gasteiger charge is -2.22. The molecule has 11 heavy (non-hydrogen) atoms. The Morgan fingerprint density at radius 2 is 2.00 bits per heavy atom. The maximum atomic E-state index is 5.58. The number of halogens is 1. The van der Waals surface area contributed by atoms with Crippen LogP contribution in [0, 0.1) is 5.92 Å². The van der Waals surface area contributed by atoms with Gasteiger partial charge in [-0.15, -0.1) is 12.4 Å². The Morgan fingerprint density at radius 3 is 2.36 bits per heavy atom. The van der Waals surface area contributed by atoms with E-state index in [9.17, 15) is 0 Å². The maximum absolute atomic E-state index is 5.58. The molecule has 0 aromatic carbocycles. The molecule has 0 atom stereocenters. The van der Waals surface area contributed by atoms with Crippen molar-refractivity contribution in [1.82, 2.24) is 0 Å². The Balaban J connectivity index is 0.000001000. The van der Waals surface area contributed by atoms with Crippen LogP contribution in [-0.2, 0) is 4.74 Å². The zero-order valence-corrected chi connectivity index (χ0v) is 8.12. The van der Waals surface area contributed by atoms with E-state index in [0.29, 0.717) is 6.54 Å². The SMILES string of the molecule is CC(C)(CN)OCC1CC1.Cl. The van der Waals surface area contributed by atoms with Crippen molar-refractivity contribution >= 4 is 12.4 Å². The summed E-state index contributed by atoms with van der Waals surface area (Å²) in [5.41, 5.74) is 5.38. The van der Waals surface area contributed by atoms with Crippen molar-refractivity contribution < 1.29 is 4.74 Å². The van der Waals surface area contributed by atoms with Crippen LogP contribution in [0.25, 0.3) is 0 Å². The summed E-state index contributed by atoms with van der Waals surface area (Å²) in [6, 6.07) is 0. The minimum absolute atomic E-state index is 0. The highest BCUT2D eigenvalue weighted by molar-refractivity contribution is 5.85. The van der Waals surface area contributed by atoms with Crippen LogP contribution in [0.1, 0.15) is 26.7 Å². The summed E-state index contributed by atoms with van der Waals surface area (Å²) in [5.74, 6) is 0.839. The standard InChI is InChI=1S/C8H17NO.ClH/c1-8(2,6-9)10-5-7-3-4-7;/h7H,3-6,9H2,1-2H3;1H. The molecule has 0 spiro atoms. The zero-order chi connectivity index (χ0) is 7.61. The van der Waals surface area contributed by atoms with Crippen LogP contribution >= 0.6 is 12.4 Å². The molecule has 0 aliphatic heterocycles. The van der Waals surface area contributed by atoms with Crippen molar-refractivity contribution in [3.8, 4) is 0 Å². The summed E-state index contributed by atoms with van der Waals surface area (Å²) in [5, 5.41) is 0. The number of nitrogens with two attached hydrogens (primary N) is 1. The van der Waals surface area contributed by atoms with Gasteiger partial charge in [-0.2, -0.15) is 0 Å². The maximum Gasteiger partial charge on any atom is 0.0748 e. The molecule has 0 aromatic rings. The number of hydrogen-bond donors (Lipinski definition) is 1. The van der Waals surface area contributed by atoms with E-state index < -0.39 is 0 Å². The van der Waals surface area contributed by atoms with E-state index in [2.05, 4.69) is 0 Å². The summed E-state index contributed by atoms with van der Waals surface area (Å²) in [4.78, 5) is 0. The van der Waals surface area contributed by atoms with Crippen molar-refractivity contribution in [1.29, 1.82) is 0 Å². The quantitative estimate of drug-likeness (QED) is 0.711. The van der Waals surface area contributed by atoms with Crippen LogP contribution in [0.15, 0.2) is 0 Å². The molecule has 1 aliphatic carbocycles. The van der Waals surface area contributed by atoms with Crippen LogP contribution in [0.4, 0.5) is 0 Å². The van der Waals surface area contributed by atoms with Crippen molar-refractivity contribution in [3.63, 3.8) is 0 Å². The molecule has 1 aliphatic rings. The number of ether oxygens (including phenoxy) is 1. The molecule has 0 unspecified atom stereocenters. The van der Waals surface area contributed by atoms with E-state index in [-0.39, 0.29) is 18.0 Å². The van der Waals surface area contributed by atoms with Crippen molar-refractivity contribution in [3.05, 3.63) is 0 Å². The van der Waals surface area contributed by atoms with Gasteiger partial charge in [0, 0.05) is 6.54 Å². The highest BCUT2D eigenvalue weighted by Gasteiger charge is 2.25. The predicted molar refractivity (Wildman–Crippen MR) is 49.1 cm³/mol. The predicted octanol–water partition coefficient (Wildman–Crippen LogP) is 1.57. The van der Waals surface area contributed by atoms with Gasteiger partial charge in [-0.05, 0) is 32.6 Å². The van der Waals surface area contributed by atoms with Crippen molar-refractivity contribution in [2.75, 3.05) is 13.2 Å². The minimum Gasteiger partial charge on any atom is -0.374 e. The summed E-state index contributed by atoms with van der Waals surface area (Å²) in [7, 11) is 0. The Bertz CT molecular complexity index is 113. The van der Waals surface area contributed by atoms with Gasteiger partial charge >= 0.3 is 0 Å². The highest BCUT2D eigenvalue weighted by Crippen LogP contribution is 2.30. The topological polar surface area (TPSA) is 35.2 Å². The fourth-order valence-electron chi connectivity index (χ4n) is 0.687. The molecule has 2 N–H and O–H groups in total. The van der Waals surface area contributed by atoms with Gasteiger partial charge < -0.3 is 10.5 Å². The minimum atomic E-state index is -0.109. The van der Waals surface area contributed by atoms with Gasteiger partial charge in [-0.25, -0.2) is 0 Å². The van der Waals surface area contributed by atoms with E-state index in [1.807, 2.05) is 13.8 Å². The van der Waals surface area contributed by atoms with E-state index in [1.54, 1.807) is 0 Å². The second kappa shape index (κ2) is 4.29. The van der Waals surface area contributed by atoms with E-state index in [4.69, 9.17) is 10.5 Å². The average Bonchev–Trinajstić information content (AvgIpc) is 2.66. The molecule has 0 amide bonds. The fraction of sp³-hybridized carbons (Fsp3) is 1.00. The first-order chi connectivity index (χ1) is 4.64. The summed E-state index contributed by atoms with van der Waals surface area (Å²) in [6.07, 6.45) is 2.70. The first-order valence-corrected chi connectivity index (χ1v) is 3.98. The Labute approximate surface area is 74.9 Å². The first-order valence-electron chi connectivity index (χ1n) is 3.98. The van der Waals surface area contributed by atoms with Crippen LogP contribution in [0.5, 0.6) is 0 Å². The van der Waals surface area contributed by atoms with Gasteiger partial charge in [0.2, 0.25) is 0 Å². The molecule has 0 bridgehead atoms. The lowest BCUT2D eigenvalue weighted by atomic mass is 10.1. The second-order valence-corrected chi connectivity index (χ2v) is 3.72. The lowest BCUT2D eigenvalue weighted by Crippen LogP contribution is -2.34. The zero-order valence-electron chi connectivity index (χ0n) is 7.30. The molecule has 0 saturated heterocycles. The molecule has 0 aromatic heterocycles. The summed E-state index contributed by atoms with van der Waals surface area (Å²) in [6.45, 7) is 5.59. The first kappa shape index (κ1) is 11.2. The van der Waals surface area contributed by atoms with Crippen LogP contribution in [0.3, 0.4) is 0 Å². The van der Waals surface area contributed by atoms with Gasteiger partial charge in [0.15, 0.2) is 0 Å². The third-order valence-corrected chi connectivity index (χ3v) is 1.90. The molecule has 68 valence electrons. The molecule has 1 rings (SSSR count). The van der Waals surface area contributed by atoms with Crippen molar-refractivity contribution in [2.45, 2.75) is 32.3 Å². The van der Waals surface area contributed by atoms with Gasteiger partial charge in [-0.3, -0.25) is 0 Å². The monoisotopic (exact) mass is 179 g/mol. The summed E-state index contributed by atoms with van der Waals surface area (Å²) >= 11 is 0. The molecule has 1 fully saturated rings. The number of hydrogen-bond acceptors (Lipinski definition) is 2. The van der Waals surface area contributed by atoms with Gasteiger partial charge in [0.25, 0.3) is 0 Å². The van der Waals surface area contributed by atoms with E-state index in [1.165, 1.54) is 12.8 Å². The van der Waals surface area contributed by atoms with E-state index in [0.717, 1.165) is 12.5 Å². The van der Waals surface area contributed by atoms with Gasteiger partial charge in [0.05, 0.1) is 12.2 Å². The largest absolute Gasteiger partial charge is 0.374 e. The molecule has 2 nitrogen and oxygen atoms in total. The Kier molecular flexibility index (Phi) is 4.37. The normalized spacial score (nSPS) is 17.7. The van der Waals surface area contributed by atoms with Crippen LogP contribution < -0.4 is 5.73 Å². The second-order valence-electron chi connectivity index (χ2n) is 3.72. The van der Waals surface area contributed by atoms with Crippen LogP contribution in [-0.4, -0.2) is 18.8 Å². The molecule has 0 heterocycles. The van der Waals surface area contributed by atoms with Crippen LogP contribution in [0.2, 0.25) is 0 Å². The average molecular weight is 180 g/mol. The Morgan fingerprint density at radius 1 is 1.45 bits per heavy atom. The van der Waals surface area contributed by atoms with E-state index >= 15 is 0 Å². The Hall–Kier alpha value is 0.210. The smallest absolute Gasteiger partial charge is 0.0748 e. The molecule has 0 radical (unpaired) electrons. The third-order valence-electron chi connectivity index (χ3n) is 1.90. The van der Waals surface area contributed by atoms with Crippen molar-refractivity contribution in [2.24, 2.45) is 11.7 Å². The fourth-order valence-corrected chi connectivity index (χ4v) is 0.687. The third kappa shape index (κ3) is 4.62. The highest BCUT2D eigenvalue weighted by atomic mass is 35.5. The van der Waals surface area contributed by atoms with Gasteiger partial charge in [-0.1, -0.05) is 0 Å². The molecule has 3 heteroatoms. The molecular formula is C8H18ClNO. The molecule has 1 saturated carbocycles. The molecular weight excluding hydrogens is 162 g/mol.